The van der Waals surface area contributed by atoms with Crippen molar-refractivity contribution in [3.05, 3.63) is 42.0 Å². The number of nitrogens with zero attached hydrogens (tertiary/aromatic N) is 1. The van der Waals surface area contributed by atoms with Gasteiger partial charge in [-0.15, -0.1) is 0 Å². The molecule has 0 amide bonds. The molecule has 150 valence electrons. The van der Waals surface area contributed by atoms with Crippen molar-refractivity contribution in [2.75, 3.05) is 7.11 Å². The third kappa shape index (κ3) is 3.37. The quantitative estimate of drug-likeness (QED) is 0.764. The maximum Gasteiger partial charge on any atom is 0.138 e. The summed E-state index contributed by atoms with van der Waals surface area (Å²) in [6, 6.07) is 10.3. The predicted molar refractivity (Wildman–Crippen MR) is 109 cm³/mol. The fourth-order valence-electron chi connectivity index (χ4n) is 5.40. The molecule has 4 heteroatoms. The summed E-state index contributed by atoms with van der Waals surface area (Å²) in [5.41, 5.74) is 0.358. The van der Waals surface area contributed by atoms with Crippen molar-refractivity contribution in [1.82, 2.24) is 0 Å². The Morgan fingerprint density at radius 3 is 2.86 bits per heavy atom. The summed E-state index contributed by atoms with van der Waals surface area (Å²) in [4.78, 5) is 12.9. The summed E-state index contributed by atoms with van der Waals surface area (Å²) in [6.45, 7) is 8.05. The Bertz CT molecular complexity index is 810. The lowest BCUT2D eigenvalue weighted by Gasteiger charge is -2.59. The number of methoxy groups -OCH3 is 1. The van der Waals surface area contributed by atoms with Crippen LogP contribution in [0.2, 0.25) is 0 Å². The second-order valence-corrected chi connectivity index (χ2v) is 8.92. The van der Waals surface area contributed by atoms with E-state index in [2.05, 4.69) is 12.6 Å². The summed E-state index contributed by atoms with van der Waals surface area (Å²) in [5, 5.41) is 21.8. The normalized spacial score (nSPS) is 35.0. The third-order valence-corrected chi connectivity index (χ3v) is 7.40. The van der Waals surface area contributed by atoms with Crippen LogP contribution in [0.1, 0.15) is 51.5 Å². The number of allylic oxidation sites excluding steroid dienone is 1. The van der Waals surface area contributed by atoms with Gasteiger partial charge in [-0.25, -0.2) is 0 Å². The topological polar surface area (TPSA) is 70.3 Å². The van der Waals surface area contributed by atoms with Gasteiger partial charge in [-0.1, -0.05) is 31.2 Å². The smallest absolute Gasteiger partial charge is 0.138 e. The van der Waals surface area contributed by atoms with E-state index in [9.17, 15) is 15.2 Å². The summed E-state index contributed by atoms with van der Waals surface area (Å²) in [5.74, 6) is 0.284. The molecule has 0 aromatic heterocycles. The maximum atomic E-state index is 12.9. The Hall–Kier alpha value is -2.12. The van der Waals surface area contributed by atoms with Crippen LogP contribution in [-0.4, -0.2) is 23.6 Å². The minimum Gasteiger partial charge on any atom is -0.497 e. The average molecular weight is 382 g/mol. The zero-order valence-electron chi connectivity index (χ0n) is 17.2. The first-order valence-corrected chi connectivity index (χ1v) is 10.2. The van der Waals surface area contributed by atoms with Gasteiger partial charge < -0.3 is 9.84 Å². The van der Waals surface area contributed by atoms with E-state index in [1.807, 2.05) is 38.1 Å². The Morgan fingerprint density at radius 2 is 2.21 bits per heavy atom. The molecule has 0 heterocycles. The number of carbonyl (C=O) groups excluding carboxylic acids is 1. The zero-order valence-corrected chi connectivity index (χ0v) is 17.2. The summed E-state index contributed by atoms with van der Waals surface area (Å²) in [7, 11) is 1.64. The number of aliphatic hydroxyl groups is 1. The Morgan fingerprint density at radius 1 is 1.46 bits per heavy atom. The van der Waals surface area contributed by atoms with Crippen molar-refractivity contribution in [2.45, 2.75) is 58.0 Å². The molecule has 4 nitrogen and oxygen atoms in total. The second kappa shape index (κ2) is 7.72. The first-order chi connectivity index (χ1) is 13.2. The summed E-state index contributed by atoms with van der Waals surface area (Å²) >= 11 is 0. The van der Waals surface area contributed by atoms with Crippen molar-refractivity contribution in [1.29, 1.82) is 5.26 Å². The van der Waals surface area contributed by atoms with Crippen molar-refractivity contribution in [2.24, 2.45) is 23.2 Å². The van der Waals surface area contributed by atoms with Crippen LogP contribution in [0, 0.1) is 34.5 Å². The second-order valence-electron chi connectivity index (χ2n) is 8.92. The first kappa shape index (κ1) is 20.6. The lowest BCUT2D eigenvalue weighted by atomic mass is 9.47. The fourth-order valence-corrected chi connectivity index (χ4v) is 5.40. The molecular weight excluding hydrogens is 350 g/mol. The Labute approximate surface area is 168 Å². The number of aryl methyl sites for hydroxylation is 1. The first-order valence-electron chi connectivity index (χ1n) is 10.2. The van der Waals surface area contributed by atoms with E-state index in [1.54, 1.807) is 7.11 Å². The molecular formula is C24H31NO3. The molecule has 0 bridgehead atoms. The van der Waals surface area contributed by atoms with Gasteiger partial charge in [0.15, 0.2) is 0 Å². The van der Waals surface area contributed by atoms with Crippen LogP contribution in [0.5, 0.6) is 5.75 Å². The van der Waals surface area contributed by atoms with E-state index in [4.69, 9.17) is 4.74 Å². The van der Waals surface area contributed by atoms with E-state index in [0.717, 1.165) is 23.3 Å². The number of ketones is 1. The van der Waals surface area contributed by atoms with Crippen LogP contribution in [-0.2, 0) is 11.2 Å². The molecule has 28 heavy (non-hydrogen) atoms. The molecule has 0 radical (unpaired) electrons. The van der Waals surface area contributed by atoms with Crippen LogP contribution in [0.15, 0.2) is 36.4 Å². The van der Waals surface area contributed by atoms with Gasteiger partial charge in [-0.3, -0.25) is 4.79 Å². The van der Waals surface area contributed by atoms with Gasteiger partial charge in [0.25, 0.3) is 0 Å². The average Bonchev–Trinajstić information content (AvgIpc) is 2.67. The summed E-state index contributed by atoms with van der Waals surface area (Å²) < 4.78 is 5.30. The molecule has 1 aromatic rings. The monoisotopic (exact) mass is 381 g/mol. The van der Waals surface area contributed by atoms with Crippen molar-refractivity contribution < 1.29 is 14.6 Å². The molecule has 1 aromatic carbocycles. The molecule has 3 rings (SSSR count). The van der Waals surface area contributed by atoms with E-state index >= 15 is 0 Å². The highest BCUT2D eigenvalue weighted by atomic mass is 16.5. The highest BCUT2D eigenvalue weighted by molar-refractivity contribution is 5.83. The number of benzene rings is 1. The van der Waals surface area contributed by atoms with Crippen LogP contribution < -0.4 is 4.74 Å². The van der Waals surface area contributed by atoms with Crippen molar-refractivity contribution in [3.8, 4) is 11.8 Å². The van der Waals surface area contributed by atoms with Gasteiger partial charge in [-0.05, 0) is 62.6 Å². The molecule has 2 aliphatic carbocycles. The lowest BCUT2D eigenvalue weighted by molar-refractivity contribution is -0.195. The minimum absolute atomic E-state index is 0.0768. The summed E-state index contributed by atoms with van der Waals surface area (Å²) in [6.07, 6.45) is 3.55. The van der Waals surface area contributed by atoms with Crippen LogP contribution in [0.4, 0.5) is 0 Å². The number of ether oxygens (including phenoxy) is 1. The zero-order chi connectivity index (χ0) is 20.5. The van der Waals surface area contributed by atoms with E-state index < -0.39 is 16.9 Å². The number of Topliss-reactive ketones (excluding diaryl/α,β-unsaturated/α-hetero) is 1. The number of nitriles is 1. The largest absolute Gasteiger partial charge is 0.497 e. The molecule has 5 atom stereocenters. The van der Waals surface area contributed by atoms with Gasteiger partial charge in [0.2, 0.25) is 0 Å². The SMILES string of the molecule is C=C(C)[C@H]1C[C@H](C#N)[C@@]2(C)CCC(=O)[C@@H](CCc3cccc(OC)c3)[C@@]2(O)C1. The third-order valence-electron chi connectivity index (χ3n) is 7.40. The Balaban J connectivity index is 1.91. The number of fused-ring (bicyclic) bond motifs is 1. The molecule has 0 saturated heterocycles. The van der Waals surface area contributed by atoms with E-state index in [1.165, 1.54) is 0 Å². The molecule has 2 fully saturated rings. The molecule has 2 saturated carbocycles. The molecule has 1 N–H and O–H groups in total. The number of hydrogen-bond donors (Lipinski definition) is 1. The van der Waals surface area contributed by atoms with Crippen molar-refractivity contribution in [3.63, 3.8) is 0 Å². The Kier molecular flexibility index (Phi) is 5.68. The van der Waals surface area contributed by atoms with Gasteiger partial charge in [-0.2, -0.15) is 5.26 Å². The molecule has 0 unspecified atom stereocenters. The van der Waals surface area contributed by atoms with E-state index in [0.29, 0.717) is 32.1 Å². The number of rotatable bonds is 5. The minimum atomic E-state index is -1.16. The van der Waals surface area contributed by atoms with E-state index in [-0.39, 0.29) is 17.6 Å². The number of carbonyl (C=O) groups is 1. The van der Waals surface area contributed by atoms with Crippen LogP contribution in [0.25, 0.3) is 0 Å². The highest BCUT2D eigenvalue weighted by Crippen LogP contribution is 2.59. The van der Waals surface area contributed by atoms with Crippen LogP contribution in [0.3, 0.4) is 0 Å². The highest BCUT2D eigenvalue weighted by Gasteiger charge is 2.63. The van der Waals surface area contributed by atoms with Gasteiger partial charge in [0.1, 0.15) is 11.5 Å². The molecule has 0 spiro atoms. The van der Waals surface area contributed by atoms with Gasteiger partial charge >= 0.3 is 0 Å². The standard InChI is InChI=1S/C24H31NO3/c1-16(2)18-13-19(15-25)23(3)11-10-22(26)21(24(23,27)14-18)9-8-17-6-5-7-20(12-17)28-4/h5-7,12,18-19,21,27H,1,8-11,13-14H2,2-4H3/t18-,19+,21+,23+,24-/m0/s1. The molecule has 0 aliphatic heterocycles. The molecule has 2 aliphatic rings. The fraction of sp³-hybridized carbons (Fsp3) is 0.583. The number of hydrogen-bond acceptors (Lipinski definition) is 4. The van der Waals surface area contributed by atoms with Gasteiger partial charge in [0, 0.05) is 17.8 Å². The van der Waals surface area contributed by atoms with Crippen molar-refractivity contribution >= 4 is 5.78 Å². The maximum absolute atomic E-state index is 12.9. The van der Waals surface area contributed by atoms with Crippen LogP contribution >= 0.6 is 0 Å². The predicted octanol–water partition coefficient (Wildman–Crippen LogP) is 4.47. The lowest BCUT2D eigenvalue weighted by Crippen LogP contribution is -2.64. The van der Waals surface area contributed by atoms with Gasteiger partial charge in [0.05, 0.1) is 24.7 Å².